The van der Waals surface area contributed by atoms with Crippen molar-refractivity contribution in [2.45, 2.75) is 50.4 Å². The zero-order chi connectivity index (χ0) is 15.6. The molecule has 0 bridgehead atoms. The van der Waals surface area contributed by atoms with E-state index in [1.165, 1.54) is 48.9 Å². The molecule has 0 radical (unpaired) electrons. The third-order valence-electron chi connectivity index (χ3n) is 7.05. The Morgan fingerprint density at radius 3 is 3.04 bits per heavy atom. The Hall–Kier alpha value is -1.77. The summed E-state index contributed by atoms with van der Waals surface area (Å²) in [5, 5.41) is 7.62. The standard InChI is InChI=1S/C20H24N2O/c1-20-8-7-16-15-6-4-14(23-2)9-12(15)3-5-17(16)18(20)10-13-11-21-22-19(13)20/h4,6,9,11,16-18H,3,5,7-8,10H2,1-2H3,(H,21,22)/t16-,17-,18+,20+/m1/s1. The Labute approximate surface area is 137 Å². The van der Waals surface area contributed by atoms with Crippen molar-refractivity contribution in [3.8, 4) is 5.75 Å². The topological polar surface area (TPSA) is 37.9 Å². The Kier molecular flexibility index (Phi) is 2.74. The van der Waals surface area contributed by atoms with Crippen LogP contribution in [0.3, 0.4) is 0 Å². The van der Waals surface area contributed by atoms with Crippen LogP contribution in [0.4, 0.5) is 0 Å². The van der Waals surface area contributed by atoms with E-state index in [2.05, 4.69) is 41.5 Å². The highest BCUT2D eigenvalue weighted by Crippen LogP contribution is 2.59. The lowest BCUT2D eigenvalue weighted by atomic mass is 9.55. The van der Waals surface area contributed by atoms with Crippen molar-refractivity contribution in [1.82, 2.24) is 10.2 Å². The molecule has 1 saturated carbocycles. The highest BCUT2D eigenvalue weighted by Gasteiger charge is 2.53. The number of rotatable bonds is 1. The molecule has 1 aromatic carbocycles. The summed E-state index contributed by atoms with van der Waals surface area (Å²) in [6, 6.07) is 6.75. The molecule has 120 valence electrons. The van der Waals surface area contributed by atoms with Gasteiger partial charge in [-0.05, 0) is 78.7 Å². The van der Waals surface area contributed by atoms with E-state index in [0.29, 0.717) is 5.41 Å². The van der Waals surface area contributed by atoms with Gasteiger partial charge in [0.1, 0.15) is 5.75 Å². The van der Waals surface area contributed by atoms with Gasteiger partial charge in [0.2, 0.25) is 0 Å². The second kappa shape index (κ2) is 4.62. The van der Waals surface area contributed by atoms with Crippen LogP contribution in [0.1, 0.15) is 54.5 Å². The van der Waals surface area contributed by atoms with Gasteiger partial charge in [-0.1, -0.05) is 13.0 Å². The molecule has 1 N–H and O–H groups in total. The maximum atomic E-state index is 5.42. The van der Waals surface area contributed by atoms with Crippen LogP contribution < -0.4 is 4.74 Å². The fourth-order valence-electron chi connectivity index (χ4n) is 5.89. The summed E-state index contributed by atoms with van der Waals surface area (Å²) in [6.07, 6.45) is 8.38. The molecule has 1 aromatic heterocycles. The van der Waals surface area contributed by atoms with Gasteiger partial charge in [0, 0.05) is 11.1 Å². The van der Waals surface area contributed by atoms with Gasteiger partial charge >= 0.3 is 0 Å². The molecule has 0 aliphatic heterocycles. The van der Waals surface area contributed by atoms with Crippen molar-refractivity contribution in [2.24, 2.45) is 11.8 Å². The van der Waals surface area contributed by atoms with Crippen LogP contribution >= 0.6 is 0 Å². The van der Waals surface area contributed by atoms with Gasteiger partial charge in [0.15, 0.2) is 0 Å². The van der Waals surface area contributed by atoms with E-state index in [1.807, 2.05) is 0 Å². The minimum absolute atomic E-state index is 0.316. The first kappa shape index (κ1) is 13.6. The third kappa shape index (κ3) is 1.74. The van der Waals surface area contributed by atoms with Crippen molar-refractivity contribution >= 4 is 0 Å². The van der Waals surface area contributed by atoms with Gasteiger partial charge in [0.05, 0.1) is 13.3 Å². The van der Waals surface area contributed by atoms with Gasteiger partial charge < -0.3 is 4.74 Å². The molecule has 0 amide bonds. The maximum absolute atomic E-state index is 5.42. The Morgan fingerprint density at radius 2 is 2.17 bits per heavy atom. The zero-order valence-corrected chi connectivity index (χ0v) is 13.9. The van der Waals surface area contributed by atoms with Gasteiger partial charge in [0.25, 0.3) is 0 Å². The number of hydrogen-bond acceptors (Lipinski definition) is 2. The van der Waals surface area contributed by atoms with Crippen LogP contribution in [-0.2, 0) is 18.3 Å². The molecule has 0 unspecified atom stereocenters. The zero-order valence-electron chi connectivity index (χ0n) is 13.9. The number of H-pyrrole nitrogens is 1. The summed E-state index contributed by atoms with van der Waals surface area (Å²) in [5.74, 6) is 3.33. The number of methoxy groups -OCH3 is 1. The number of fused-ring (bicyclic) bond motifs is 7. The summed E-state index contributed by atoms with van der Waals surface area (Å²) in [4.78, 5) is 0. The first-order valence-corrected chi connectivity index (χ1v) is 8.90. The van der Waals surface area contributed by atoms with Gasteiger partial charge in [-0.3, -0.25) is 5.10 Å². The number of aromatic nitrogens is 2. The van der Waals surface area contributed by atoms with E-state index in [-0.39, 0.29) is 0 Å². The molecule has 0 spiro atoms. The second-order valence-electron chi connectivity index (χ2n) is 7.91. The van der Waals surface area contributed by atoms with E-state index in [9.17, 15) is 0 Å². The summed E-state index contributed by atoms with van der Waals surface area (Å²) < 4.78 is 5.42. The largest absolute Gasteiger partial charge is 0.497 e. The van der Waals surface area contributed by atoms with Crippen molar-refractivity contribution in [3.05, 3.63) is 46.8 Å². The number of ether oxygens (including phenoxy) is 1. The normalized spacial score (nSPS) is 34.3. The van der Waals surface area contributed by atoms with Gasteiger partial charge in [-0.25, -0.2) is 0 Å². The predicted octanol–water partition coefficient (Wildman–Crippen LogP) is 3.99. The van der Waals surface area contributed by atoms with Gasteiger partial charge in [-0.2, -0.15) is 5.10 Å². The molecule has 2 aromatic rings. The van der Waals surface area contributed by atoms with Crippen LogP contribution in [-0.4, -0.2) is 17.3 Å². The molecule has 23 heavy (non-hydrogen) atoms. The van der Waals surface area contributed by atoms with Crippen LogP contribution in [0.15, 0.2) is 24.4 Å². The Morgan fingerprint density at radius 1 is 1.26 bits per heavy atom. The number of hydrogen-bond donors (Lipinski definition) is 1. The Bertz CT molecular complexity index is 765. The fraction of sp³-hybridized carbons (Fsp3) is 0.550. The van der Waals surface area contributed by atoms with E-state index < -0.39 is 0 Å². The third-order valence-corrected chi connectivity index (χ3v) is 7.05. The molecular formula is C20H24N2O. The minimum Gasteiger partial charge on any atom is -0.497 e. The minimum atomic E-state index is 0.316. The highest BCUT2D eigenvalue weighted by molar-refractivity contribution is 5.43. The van der Waals surface area contributed by atoms with Crippen LogP contribution in [0.2, 0.25) is 0 Å². The van der Waals surface area contributed by atoms with Crippen molar-refractivity contribution in [3.63, 3.8) is 0 Å². The van der Waals surface area contributed by atoms with Crippen molar-refractivity contribution in [1.29, 1.82) is 0 Å². The maximum Gasteiger partial charge on any atom is 0.119 e. The lowest BCUT2D eigenvalue weighted by molar-refractivity contribution is 0.103. The molecule has 1 heterocycles. The molecule has 0 saturated heterocycles. The molecule has 1 fully saturated rings. The quantitative estimate of drug-likeness (QED) is 0.865. The van der Waals surface area contributed by atoms with Gasteiger partial charge in [-0.15, -0.1) is 0 Å². The van der Waals surface area contributed by atoms with E-state index >= 15 is 0 Å². The molecule has 5 rings (SSSR count). The number of aryl methyl sites for hydroxylation is 1. The van der Waals surface area contributed by atoms with E-state index in [0.717, 1.165) is 23.5 Å². The van der Waals surface area contributed by atoms with Crippen molar-refractivity contribution < 1.29 is 4.74 Å². The number of aromatic amines is 1. The highest BCUT2D eigenvalue weighted by atomic mass is 16.5. The summed E-state index contributed by atoms with van der Waals surface area (Å²) in [6.45, 7) is 2.47. The first-order valence-electron chi connectivity index (χ1n) is 8.90. The number of benzene rings is 1. The summed E-state index contributed by atoms with van der Waals surface area (Å²) >= 11 is 0. The molecule has 4 atom stereocenters. The number of nitrogens with zero attached hydrogens (tertiary/aromatic N) is 1. The molecular weight excluding hydrogens is 284 g/mol. The monoisotopic (exact) mass is 308 g/mol. The van der Waals surface area contributed by atoms with E-state index in [4.69, 9.17) is 4.74 Å². The fourth-order valence-corrected chi connectivity index (χ4v) is 5.89. The first-order chi connectivity index (χ1) is 11.2. The SMILES string of the molecule is COc1ccc2c(c1)CC[C@@H]1[C@@H]2CC[C@]2(C)c3[nH]ncc3C[C@@H]12. The van der Waals surface area contributed by atoms with Crippen LogP contribution in [0, 0.1) is 11.8 Å². The Balaban J connectivity index is 1.53. The van der Waals surface area contributed by atoms with Crippen molar-refractivity contribution in [2.75, 3.05) is 7.11 Å². The lowest BCUT2D eigenvalue weighted by Crippen LogP contribution is -2.43. The molecule has 3 nitrogen and oxygen atoms in total. The summed E-state index contributed by atoms with van der Waals surface area (Å²) in [7, 11) is 1.76. The molecule has 3 heteroatoms. The van der Waals surface area contributed by atoms with Crippen LogP contribution in [0.25, 0.3) is 0 Å². The van der Waals surface area contributed by atoms with Crippen LogP contribution in [0.5, 0.6) is 5.75 Å². The average Bonchev–Trinajstić information content (AvgIpc) is 3.15. The molecule has 3 aliphatic carbocycles. The smallest absolute Gasteiger partial charge is 0.119 e. The van der Waals surface area contributed by atoms with E-state index in [1.54, 1.807) is 12.7 Å². The molecule has 3 aliphatic rings. The number of nitrogens with one attached hydrogen (secondary N) is 1. The average molecular weight is 308 g/mol. The second-order valence-corrected chi connectivity index (χ2v) is 7.91. The predicted molar refractivity (Wildman–Crippen MR) is 89.9 cm³/mol. The summed E-state index contributed by atoms with van der Waals surface area (Å²) in [5.41, 5.74) is 6.34. The lowest BCUT2D eigenvalue weighted by Gasteiger charge is -2.49.